The number of hydrogen-bond acceptors (Lipinski definition) is 3. The van der Waals surface area contributed by atoms with Crippen molar-refractivity contribution in [1.29, 1.82) is 0 Å². The maximum Gasteiger partial charge on any atom is 0.335 e. The summed E-state index contributed by atoms with van der Waals surface area (Å²) >= 11 is 0. The van der Waals surface area contributed by atoms with Crippen molar-refractivity contribution in [1.82, 2.24) is 0 Å². The van der Waals surface area contributed by atoms with E-state index in [9.17, 15) is 9.18 Å². The summed E-state index contributed by atoms with van der Waals surface area (Å²) in [4.78, 5) is 10.9. The first kappa shape index (κ1) is 10.4. The van der Waals surface area contributed by atoms with Crippen LogP contribution in [0.5, 0.6) is 0 Å². The topological polar surface area (TPSA) is 46.5 Å². The van der Waals surface area contributed by atoms with Crippen LogP contribution in [-0.4, -0.2) is 29.5 Å². The van der Waals surface area contributed by atoms with E-state index in [1.807, 2.05) is 0 Å². The van der Waals surface area contributed by atoms with Crippen LogP contribution in [-0.2, 0) is 9.53 Å². The van der Waals surface area contributed by atoms with Crippen molar-refractivity contribution in [2.24, 2.45) is 0 Å². The van der Waals surface area contributed by atoms with E-state index in [4.69, 9.17) is 9.84 Å². The van der Waals surface area contributed by atoms with Crippen LogP contribution in [0.3, 0.4) is 0 Å². The second-order valence-corrected chi connectivity index (χ2v) is 3.45. The van der Waals surface area contributed by atoms with E-state index in [1.165, 1.54) is 6.92 Å². The van der Waals surface area contributed by atoms with Gasteiger partial charge in [0.05, 0.1) is 0 Å². The van der Waals surface area contributed by atoms with Gasteiger partial charge in [-0.05, 0) is 26.2 Å². The third kappa shape index (κ3) is 2.95. The molecule has 76 valence electrons. The molecule has 1 unspecified atom stereocenters. The predicted octanol–water partition coefficient (Wildman–Crippen LogP) is 1.19. The first-order valence-corrected chi connectivity index (χ1v) is 4.64. The third-order valence-corrected chi connectivity index (χ3v) is 2.23. The Kier molecular flexibility index (Phi) is 3.66. The molecule has 0 aromatic heterocycles. The number of carbonyl (C=O) groups is 1. The number of aliphatic hydroxyl groups is 1. The number of rotatable bonds is 2. The van der Waals surface area contributed by atoms with Crippen molar-refractivity contribution in [3.05, 3.63) is 0 Å². The summed E-state index contributed by atoms with van der Waals surface area (Å²) in [5, 5.41) is 8.84. The highest BCUT2D eigenvalue weighted by atomic mass is 19.1. The number of carbonyl (C=O) groups excluding carboxylic acids is 1. The summed E-state index contributed by atoms with van der Waals surface area (Å²) in [6.07, 6.45) is -0.0964. The fourth-order valence-electron chi connectivity index (χ4n) is 1.43. The van der Waals surface area contributed by atoms with E-state index in [0.717, 1.165) is 12.8 Å². The molecule has 0 aromatic rings. The van der Waals surface area contributed by atoms with Crippen molar-refractivity contribution >= 4 is 5.97 Å². The van der Waals surface area contributed by atoms with Crippen molar-refractivity contribution in [3.8, 4) is 0 Å². The van der Waals surface area contributed by atoms with Crippen molar-refractivity contribution in [3.63, 3.8) is 0 Å². The van der Waals surface area contributed by atoms with Gasteiger partial charge in [0.25, 0.3) is 0 Å². The SMILES string of the molecule is CC(O)C(=O)O[C@H]1CCCC[C@@H]1F. The van der Waals surface area contributed by atoms with E-state index in [1.54, 1.807) is 0 Å². The number of halogens is 1. The zero-order chi connectivity index (χ0) is 9.84. The summed E-state index contributed by atoms with van der Waals surface area (Å²) in [5.74, 6) is -0.727. The molecule has 0 saturated heterocycles. The van der Waals surface area contributed by atoms with E-state index in [-0.39, 0.29) is 0 Å². The zero-order valence-corrected chi connectivity index (χ0v) is 7.70. The normalized spacial score (nSPS) is 31.0. The molecule has 0 aromatic carbocycles. The average molecular weight is 190 g/mol. The molecule has 1 rings (SSSR count). The smallest absolute Gasteiger partial charge is 0.335 e. The molecule has 1 aliphatic carbocycles. The van der Waals surface area contributed by atoms with Gasteiger partial charge in [-0.25, -0.2) is 9.18 Å². The summed E-state index contributed by atoms with van der Waals surface area (Å²) in [7, 11) is 0. The Morgan fingerprint density at radius 3 is 2.69 bits per heavy atom. The highest BCUT2D eigenvalue weighted by molar-refractivity contribution is 5.74. The predicted molar refractivity (Wildman–Crippen MR) is 44.9 cm³/mol. The van der Waals surface area contributed by atoms with Gasteiger partial charge >= 0.3 is 5.97 Å². The molecule has 0 bridgehead atoms. The molecule has 3 nitrogen and oxygen atoms in total. The number of esters is 1. The Morgan fingerprint density at radius 1 is 1.54 bits per heavy atom. The third-order valence-electron chi connectivity index (χ3n) is 2.23. The van der Waals surface area contributed by atoms with Crippen LogP contribution in [0.1, 0.15) is 32.6 Å². The minimum Gasteiger partial charge on any atom is -0.457 e. The number of ether oxygens (including phenoxy) is 1. The van der Waals surface area contributed by atoms with Gasteiger partial charge in [-0.3, -0.25) is 0 Å². The van der Waals surface area contributed by atoms with Gasteiger partial charge in [0, 0.05) is 0 Å². The van der Waals surface area contributed by atoms with Gasteiger partial charge in [-0.1, -0.05) is 6.42 Å². The highest BCUT2D eigenvalue weighted by Gasteiger charge is 2.28. The van der Waals surface area contributed by atoms with Crippen molar-refractivity contribution in [2.75, 3.05) is 0 Å². The number of hydrogen-bond donors (Lipinski definition) is 1. The standard InChI is InChI=1S/C9H15FO3/c1-6(11)9(12)13-8-5-3-2-4-7(8)10/h6-8,11H,2-5H2,1H3/t6?,7-,8-/m0/s1. The molecule has 4 heteroatoms. The van der Waals surface area contributed by atoms with Crippen LogP contribution in [0.2, 0.25) is 0 Å². The molecule has 0 radical (unpaired) electrons. The Labute approximate surface area is 76.9 Å². The molecule has 1 fully saturated rings. The molecule has 0 amide bonds. The molecular weight excluding hydrogens is 175 g/mol. The maximum atomic E-state index is 13.1. The van der Waals surface area contributed by atoms with Crippen LogP contribution in [0, 0.1) is 0 Å². The molecule has 0 spiro atoms. The summed E-state index contributed by atoms with van der Waals surface area (Å²) in [5.41, 5.74) is 0. The van der Waals surface area contributed by atoms with Gasteiger partial charge in [0.2, 0.25) is 0 Å². The lowest BCUT2D eigenvalue weighted by Crippen LogP contribution is -2.34. The lowest BCUT2D eigenvalue weighted by Gasteiger charge is -2.25. The lowest BCUT2D eigenvalue weighted by molar-refractivity contribution is -0.163. The number of alkyl halides is 1. The highest BCUT2D eigenvalue weighted by Crippen LogP contribution is 2.23. The molecular formula is C9H15FO3. The minimum atomic E-state index is -1.16. The van der Waals surface area contributed by atoms with E-state index >= 15 is 0 Å². The Hall–Kier alpha value is -0.640. The quantitative estimate of drug-likeness (QED) is 0.665. The molecule has 0 heterocycles. The fraction of sp³-hybridized carbons (Fsp3) is 0.889. The van der Waals surface area contributed by atoms with E-state index in [2.05, 4.69) is 0 Å². The Balaban J connectivity index is 2.38. The first-order chi connectivity index (χ1) is 6.11. The average Bonchev–Trinajstić information content (AvgIpc) is 2.08. The summed E-state index contributed by atoms with van der Waals surface area (Å²) < 4.78 is 17.9. The van der Waals surface area contributed by atoms with Crippen LogP contribution < -0.4 is 0 Å². The Morgan fingerprint density at radius 2 is 2.15 bits per heavy atom. The molecule has 0 aliphatic heterocycles. The summed E-state index contributed by atoms with van der Waals surface area (Å²) in [6, 6.07) is 0. The monoisotopic (exact) mass is 190 g/mol. The summed E-state index contributed by atoms with van der Waals surface area (Å²) in [6.45, 7) is 1.32. The Bertz CT molecular complexity index is 182. The van der Waals surface area contributed by atoms with Gasteiger partial charge in [0.1, 0.15) is 18.4 Å². The molecule has 1 saturated carbocycles. The lowest BCUT2D eigenvalue weighted by atomic mass is 9.96. The van der Waals surface area contributed by atoms with Crippen LogP contribution in [0.15, 0.2) is 0 Å². The molecule has 1 N–H and O–H groups in total. The van der Waals surface area contributed by atoms with E-state index in [0.29, 0.717) is 12.8 Å². The van der Waals surface area contributed by atoms with Gasteiger partial charge < -0.3 is 9.84 Å². The van der Waals surface area contributed by atoms with E-state index < -0.39 is 24.3 Å². The van der Waals surface area contributed by atoms with Gasteiger partial charge in [-0.2, -0.15) is 0 Å². The molecule has 3 atom stereocenters. The second kappa shape index (κ2) is 4.56. The minimum absolute atomic E-state index is 0.456. The first-order valence-electron chi connectivity index (χ1n) is 4.64. The van der Waals surface area contributed by atoms with Crippen LogP contribution in [0.25, 0.3) is 0 Å². The number of aliphatic hydroxyl groups excluding tert-OH is 1. The van der Waals surface area contributed by atoms with Crippen LogP contribution >= 0.6 is 0 Å². The van der Waals surface area contributed by atoms with Crippen LogP contribution in [0.4, 0.5) is 4.39 Å². The second-order valence-electron chi connectivity index (χ2n) is 3.45. The maximum absolute atomic E-state index is 13.1. The fourth-order valence-corrected chi connectivity index (χ4v) is 1.43. The van der Waals surface area contributed by atoms with Gasteiger partial charge in [0.15, 0.2) is 0 Å². The van der Waals surface area contributed by atoms with Crippen molar-refractivity contribution < 1.29 is 19.0 Å². The zero-order valence-electron chi connectivity index (χ0n) is 7.70. The van der Waals surface area contributed by atoms with Crippen molar-refractivity contribution in [2.45, 2.75) is 51.0 Å². The van der Waals surface area contributed by atoms with Gasteiger partial charge in [-0.15, -0.1) is 0 Å². The molecule has 1 aliphatic rings. The molecule has 13 heavy (non-hydrogen) atoms. The largest absolute Gasteiger partial charge is 0.457 e.